The normalized spacial score (nSPS) is 11.0. The van der Waals surface area contributed by atoms with E-state index < -0.39 is 0 Å². The van der Waals surface area contributed by atoms with E-state index in [4.69, 9.17) is 34.8 Å². The topological polar surface area (TPSA) is 30.7 Å². The molecule has 0 fully saturated rings. The summed E-state index contributed by atoms with van der Waals surface area (Å²) >= 11 is 20.0. The minimum atomic E-state index is 0.626. The van der Waals surface area contributed by atoms with Gasteiger partial charge in [0.2, 0.25) is 0 Å². The van der Waals surface area contributed by atoms with Crippen molar-refractivity contribution in [2.24, 2.45) is 0 Å². The third-order valence-electron chi connectivity index (χ3n) is 4.37. The van der Waals surface area contributed by atoms with Gasteiger partial charge in [-0.1, -0.05) is 83.0 Å². The quantitative estimate of drug-likeness (QED) is 0.284. The van der Waals surface area contributed by atoms with Gasteiger partial charge in [-0.15, -0.1) is 10.2 Å². The molecule has 4 aromatic rings. The van der Waals surface area contributed by atoms with Crippen molar-refractivity contribution in [3.05, 3.63) is 99.0 Å². The van der Waals surface area contributed by atoms with E-state index >= 15 is 0 Å². The number of benzene rings is 3. The van der Waals surface area contributed by atoms with Crippen LogP contribution in [0.2, 0.25) is 15.1 Å². The fraction of sp³-hybridized carbons (Fsp3) is 0.0909. The van der Waals surface area contributed by atoms with E-state index in [-0.39, 0.29) is 0 Å². The summed E-state index contributed by atoms with van der Waals surface area (Å²) in [6, 6.07) is 23.4. The van der Waals surface area contributed by atoms with Crippen molar-refractivity contribution >= 4 is 46.6 Å². The fourth-order valence-corrected chi connectivity index (χ4v) is 4.52. The zero-order valence-electron chi connectivity index (χ0n) is 15.2. The third kappa shape index (κ3) is 4.96. The van der Waals surface area contributed by atoms with Crippen LogP contribution in [0.4, 0.5) is 0 Å². The standard InChI is InChI=1S/C22H16Cl3N3S/c23-18-9-6-16(7-10-18)21-26-27-22(28(21)13-15-4-2-1-3-5-15)29-14-17-8-11-19(24)12-20(17)25/h1-12H,13-14H2. The Hall–Kier alpha value is -1.98. The van der Waals surface area contributed by atoms with Crippen LogP contribution in [0.25, 0.3) is 11.4 Å². The van der Waals surface area contributed by atoms with E-state index in [9.17, 15) is 0 Å². The summed E-state index contributed by atoms with van der Waals surface area (Å²) in [5.74, 6) is 1.47. The lowest BCUT2D eigenvalue weighted by atomic mass is 10.2. The number of hydrogen-bond acceptors (Lipinski definition) is 3. The molecule has 0 unspecified atom stereocenters. The summed E-state index contributed by atoms with van der Waals surface area (Å²) in [5.41, 5.74) is 3.14. The molecule has 0 aliphatic heterocycles. The Bertz CT molecular complexity index is 1110. The zero-order valence-corrected chi connectivity index (χ0v) is 18.3. The van der Waals surface area contributed by atoms with Gasteiger partial charge in [0.05, 0.1) is 6.54 Å². The first-order valence-corrected chi connectivity index (χ1v) is 11.0. The molecule has 0 spiro atoms. The molecule has 0 N–H and O–H groups in total. The predicted octanol–water partition coefficient (Wildman–Crippen LogP) is 7.25. The molecule has 29 heavy (non-hydrogen) atoms. The lowest BCUT2D eigenvalue weighted by Gasteiger charge is -2.11. The molecular formula is C22H16Cl3N3S. The van der Waals surface area contributed by atoms with Gasteiger partial charge in [-0.2, -0.15) is 0 Å². The summed E-state index contributed by atoms with van der Waals surface area (Å²) in [6.45, 7) is 0.669. The first-order chi connectivity index (χ1) is 14.1. The van der Waals surface area contributed by atoms with Crippen LogP contribution in [0.5, 0.6) is 0 Å². The number of hydrogen-bond donors (Lipinski definition) is 0. The van der Waals surface area contributed by atoms with Crippen molar-refractivity contribution < 1.29 is 0 Å². The predicted molar refractivity (Wildman–Crippen MR) is 122 cm³/mol. The van der Waals surface area contributed by atoms with Crippen LogP contribution in [0.15, 0.2) is 78.0 Å². The summed E-state index contributed by atoms with van der Waals surface area (Å²) in [5, 5.41) is 11.7. The lowest BCUT2D eigenvalue weighted by molar-refractivity contribution is 0.714. The van der Waals surface area contributed by atoms with Gasteiger partial charge in [0.25, 0.3) is 0 Å². The molecule has 3 nitrogen and oxygen atoms in total. The van der Waals surface area contributed by atoms with Gasteiger partial charge in [-0.3, -0.25) is 4.57 Å². The van der Waals surface area contributed by atoms with E-state index in [1.54, 1.807) is 17.8 Å². The highest BCUT2D eigenvalue weighted by Crippen LogP contribution is 2.31. The molecule has 3 aromatic carbocycles. The number of nitrogens with zero attached hydrogens (tertiary/aromatic N) is 3. The van der Waals surface area contributed by atoms with E-state index in [0.29, 0.717) is 27.4 Å². The van der Waals surface area contributed by atoms with E-state index in [0.717, 1.165) is 22.1 Å². The highest BCUT2D eigenvalue weighted by Gasteiger charge is 2.15. The maximum Gasteiger partial charge on any atom is 0.192 e. The number of thioether (sulfide) groups is 1. The van der Waals surface area contributed by atoms with E-state index in [1.165, 1.54) is 5.56 Å². The average molecular weight is 461 g/mol. The SMILES string of the molecule is Clc1ccc(-c2nnc(SCc3ccc(Cl)cc3Cl)n2Cc2ccccc2)cc1. The highest BCUT2D eigenvalue weighted by molar-refractivity contribution is 7.98. The Morgan fingerprint density at radius 3 is 2.24 bits per heavy atom. The minimum Gasteiger partial charge on any atom is -0.298 e. The monoisotopic (exact) mass is 459 g/mol. The Labute approximate surface area is 188 Å². The second-order valence-electron chi connectivity index (χ2n) is 6.41. The van der Waals surface area contributed by atoms with Crippen molar-refractivity contribution in [2.75, 3.05) is 0 Å². The second-order valence-corrected chi connectivity index (χ2v) is 8.63. The van der Waals surface area contributed by atoms with Gasteiger partial charge in [0, 0.05) is 26.4 Å². The van der Waals surface area contributed by atoms with Crippen molar-refractivity contribution in [3.63, 3.8) is 0 Å². The van der Waals surface area contributed by atoms with Crippen LogP contribution >= 0.6 is 46.6 Å². The summed E-state index contributed by atoms with van der Waals surface area (Å²) < 4.78 is 2.12. The molecule has 0 bridgehead atoms. The lowest BCUT2D eigenvalue weighted by Crippen LogP contribution is -2.04. The first-order valence-electron chi connectivity index (χ1n) is 8.90. The van der Waals surface area contributed by atoms with E-state index in [1.807, 2.05) is 54.6 Å². The molecular weight excluding hydrogens is 445 g/mol. The molecule has 146 valence electrons. The maximum absolute atomic E-state index is 6.33. The fourth-order valence-electron chi connectivity index (χ4n) is 2.90. The van der Waals surface area contributed by atoms with Gasteiger partial charge in [-0.05, 0) is 47.5 Å². The van der Waals surface area contributed by atoms with Crippen LogP contribution in [-0.4, -0.2) is 14.8 Å². The highest BCUT2D eigenvalue weighted by atomic mass is 35.5. The first kappa shape index (κ1) is 20.3. The molecule has 0 saturated heterocycles. The largest absolute Gasteiger partial charge is 0.298 e. The number of aromatic nitrogens is 3. The van der Waals surface area contributed by atoms with Gasteiger partial charge >= 0.3 is 0 Å². The molecule has 0 saturated carbocycles. The Morgan fingerprint density at radius 2 is 1.52 bits per heavy atom. The second kappa shape index (κ2) is 9.23. The molecule has 0 radical (unpaired) electrons. The summed E-state index contributed by atoms with van der Waals surface area (Å²) in [6.07, 6.45) is 0. The van der Waals surface area contributed by atoms with Crippen molar-refractivity contribution in [2.45, 2.75) is 17.5 Å². The smallest absolute Gasteiger partial charge is 0.192 e. The molecule has 0 aliphatic rings. The van der Waals surface area contributed by atoms with Gasteiger partial charge in [0.1, 0.15) is 0 Å². The molecule has 0 amide bonds. The Morgan fingerprint density at radius 1 is 0.793 bits per heavy atom. The summed E-state index contributed by atoms with van der Waals surface area (Å²) in [7, 11) is 0. The maximum atomic E-state index is 6.33. The van der Waals surface area contributed by atoms with Crippen LogP contribution in [-0.2, 0) is 12.3 Å². The minimum absolute atomic E-state index is 0.626. The van der Waals surface area contributed by atoms with Gasteiger partial charge in [0.15, 0.2) is 11.0 Å². The van der Waals surface area contributed by atoms with Gasteiger partial charge < -0.3 is 0 Å². The van der Waals surface area contributed by atoms with Crippen molar-refractivity contribution in [3.8, 4) is 11.4 Å². The average Bonchev–Trinajstić information content (AvgIpc) is 3.11. The Balaban J connectivity index is 1.66. The molecule has 1 heterocycles. The van der Waals surface area contributed by atoms with Crippen molar-refractivity contribution in [1.82, 2.24) is 14.8 Å². The molecule has 0 atom stereocenters. The molecule has 1 aromatic heterocycles. The number of rotatable bonds is 6. The zero-order chi connectivity index (χ0) is 20.2. The molecule has 4 rings (SSSR count). The van der Waals surface area contributed by atoms with Crippen LogP contribution < -0.4 is 0 Å². The van der Waals surface area contributed by atoms with Gasteiger partial charge in [-0.25, -0.2) is 0 Å². The van der Waals surface area contributed by atoms with Crippen LogP contribution in [0.1, 0.15) is 11.1 Å². The van der Waals surface area contributed by atoms with Crippen LogP contribution in [0.3, 0.4) is 0 Å². The Kier molecular flexibility index (Phi) is 6.46. The summed E-state index contributed by atoms with van der Waals surface area (Å²) in [4.78, 5) is 0. The number of halogens is 3. The third-order valence-corrected chi connectivity index (χ3v) is 6.23. The molecule has 0 aliphatic carbocycles. The van der Waals surface area contributed by atoms with Crippen molar-refractivity contribution in [1.29, 1.82) is 0 Å². The van der Waals surface area contributed by atoms with Crippen LogP contribution in [0, 0.1) is 0 Å². The van der Waals surface area contributed by atoms with E-state index in [2.05, 4.69) is 26.9 Å². The molecule has 7 heteroatoms.